The fourth-order valence-corrected chi connectivity index (χ4v) is 2.37. The Morgan fingerprint density at radius 1 is 1.16 bits per heavy atom. The quantitative estimate of drug-likeness (QED) is 0.742. The molecule has 2 N–H and O–H groups in total. The number of carbonyl (C=O) groups excluding carboxylic acids is 1. The number of hydrogen-bond acceptors (Lipinski definition) is 3. The third-order valence-electron chi connectivity index (χ3n) is 3.32. The lowest BCUT2D eigenvalue weighted by Crippen LogP contribution is -2.38. The Hall–Kier alpha value is -2.11. The lowest BCUT2D eigenvalue weighted by Gasteiger charge is -2.11. The van der Waals surface area contributed by atoms with Gasteiger partial charge in [0.1, 0.15) is 5.75 Å². The lowest BCUT2D eigenvalue weighted by atomic mass is 10.2. The molecule has 0 atom stereocenters. The van der Waals surface area contributed by atoms with Gasteiger partial charge in [0.15, 0.2) is 5.11 Å². The summed E-state index contributed by atoms with van der Waals surface area (Å²) in [5.41, 5.74) is 1.42. The largest absolute Gasteiger partial charge is 0.493 e. The van der Waals surface area contributed by atoms with Crippen molar-refractivity contribution in [2.24, 2.45) is 5.92 Å². The maximum Gasteiger partial charge on any atom is 0.257 e. The minimum absolute atomic E-state index is 0.255. The van der Waals surface area contributed by atoms with Crippen molar-refractivity contribution in [3.63, 3.8) is 0 Å². The predicted octanol–water partition coefficient (Wildman–Crippen LogP) is 4.18. The van der Waals surface area contributed by atoms with E-state index in [0.29, 0.717) is 29.7 Å². The zero-order valence-corrected chi connectivity index (χ0v) is 15.8. The highest BCUT2D eigenvalue weighted by Crippen LogP contribution is 2.15. The summed E-state index contributed by atoms with van der Waals surface area (Å²) in [6.45, 7) is 5.25. The van der Waals surface area contributed by atoms with Gasteiger partial charge in [0.05, 0.1) is 6.61 Å². The molecular formula is C19H21ClN2O2S. The van der Waals surface area contributed by atoms with Crippen LogP contribution in [0.1, 0.15) is 29.8 Å². The molecule has 0 spiro atoms. The van der Waals surface area contributed by atoms with Crippen LogP contribution in [0.2, 0.25) is 5.02 Å². The molecule has 0 aliphatic carbocycles. The molecule has 0 unspecified atom stereocenters. The van der Waals surface area contributed by atoms with Gasteiger partial charge in [0.25, 0.3) is 5.91 Å². The van der Waals surface area contributed by atoms with E-state index in [-0.39, 0.29) is 11.0 Å². The first kappa shape index (κ1) is 19.2. The van der Waals surface area contributed by atoms with Crippen LogP contribution >= 0.6 is 23.8 Å². The van der Waals surface area contributed by atoms with E-state index in [9.17, 15) is 4.79 Å². The normalized spacial score (nSPS) is 10.4. The van der Waals surface area contributed by atoms with E-state index in [1.807, 2.05) is 24.3 Å². The Morgan fingerprint density at radius 3 is 2.48 bits per heavy atom. The highest BCUT2D eigenvalue weighted by atomic mass is 35.5. The third kappa shape index (κ3) is 6.36. The molecule has 0 radical (unpaired) electrons. The van der Waals surface area contributed by atoms with Crippen molar-refractivity contribution in [3.05, 3.63) is 64.7 Å². The number of rotatable bonds is 6. The molecule has 25 heavy (non-hydrogen) atoms. The SMILES string of the molecule is CC(C)COc1ccc(C(=O)NC(=S)NCc2ccccc2Cl)cc1. The topological polar surface area (TPSA) is 50.4 Å². The van der Waals surface area contributed by atoms with Crippen molar-refractivity contribution in [2.45, 2.75) is 20.4 Å². The highest BCUT2D eigenvalue weighted by Gasteiger charge is 2.08. The van der Waals surface area contributed by atoms with Gasteiger partial charge in [-0.2, -0.15) is 0 Å². The van der Waals surface area contributed by atoms with Crippen molar-refractivity contribution in [3.8, 4) is 5.75 Å². The molecule has 0 saturated carbocycles. The first-order chi connectivity index (χ1) is 12.0. The van der Waals surface area contributed by atoms with Crippen LogP contribution in [0, 0.1) is 5.92 Å². The van der Waals surface area contributed by atoms with E-state index in [4.69, 9.17) is 28.6 Å². The highest BCUT2D eigenvalue weighted by molar-refractivity contribution is 7.80. The van der Waals surface area contributed by atoms with Gasteiger partial charge >= 0.3 is 0 Å². The number of benzene rings is 2. The maximum absolute atomic E-state index is 12.2. The summed E-state index contributed by atoms with van der Waals surface area (Å²) in [5, 5.41) is 6.54. The number of nitrogens with one attached hydrogen (secondary N) is 2. The van der Waals surface area contributed by atoms with Crippen LogP contribution in [0.3, 0.4) is 0 Å². The summed E-state index contributed by atoms with van der Waals surface area (Å²) in [7, 11) is 0. The van der Waals surface area contributed by atoms with Gasteiger partial charge in [0.2, 0.25) is 0 Å². The van der Waals surface area contributed by atoms with Crippen molar-refractivity contribution in [1.29, 1.82) is 0 Å². The average Bonchev–Trinajstić information content (AvgIpc) is 2.59. The van der Waals surface area contributed by atoms with Crippen molar-refractivity contribution < 1.29 is 9.53 Å². The van der Waals surface area contributed by atoms with E-state index >= 15 is 0 Å². The third-order valence-corrected chi connectivity index (χ3v) is 3.94. The molecule has 0 fully saturated rings. The molecule has 0 aliphatic rings. The second-order valence-corrected chi connectivity index (χ2v) is 6.77. The summed E-state index contributed by atoms with van der Waals surface area (Å²) >= 11 is 11.2. The van der Waals surface area contributed by atoms with E-state index in [0.717, 1.165) is 11.3 Å². The maximum atomic E-state index is 12.2. The van der Waals surface area contributed by atoms with Gasteiger partial charge in [-0.25, -0.2) is 0 Å². The Bertz CT molecular complexity index is 732. The van der Waals surface area contributed by atoms with Crippen LogP contribution in [-0.2, 0) is 6.54 Å². The lowest BCUT2D eigenvalue weighted by molar-refractivity contribution is 0.0976. The van der Waals surface area contributed by atoms with Gasteiger partial charge in [0, 0.05) is 17.1 Å². The molecule has 2 rings (SSSR count). The number of thiocarbonyl (C=S) groups is 1. The summed E-state index contributed by atoms with van der Waals surface area (Å²) < 4.78 is 5.60. The molecule has 4 nitrogen and oxygen atoms in total. The molecule has 0 saturated heterocycles. The fraction of sp³-hybridized carbons (Fsp3) is 0.263. The van der Waals surface area contributed by atoms with Crippen molar-refractivity contribution >= 4 is 34.8 Å². The predicted molar refractivity (Wildman–Crippen MR) is 105 cm³/mol. The molecular weight excluding hydrogens is 356 g/mol. The van der Waals surface area contributed by atoms with E-state index in [2.05, 4.69) is 24.5 Å². The Kier molecular flexibility index (Phi) is 7.22. The molecule has 0 aliphatic heterocycles. The standard InChI is InChI=1S/C19H21ClN2O2S/c1-13(2)12-24-16-9-7-14(8-10-16)18(23)22-19(25)21-11-15-5-3-4-6-17(15)20/h3-10,13H,11-12H2,1-2H3,(H2,21,22,23,25). The van der Waals surface area contributed by atoms with Crippen LogP contribution in [0.15, 0.2) is 48.5 Å². The molecule has 132 valence electrons. The first-order valence-corrected chi connectivity index (χ1v) is 8.80. The zero-order valence-electron chi connectivity index (χ0n) is 14.2. The molecule has 0 heterocycles. The minimum atomic E-state index is -0.271. The van der Waals surface area contributed by atoms with Crippen molar-refractivity contribution in [2.75, 3.05) is 6.61 Å². The van der Waals surface area contributed by atoms with E-state index < -0.39 is 0 Å². The molecule has 0 aromatic heterocycles. The van der Waals surface area contributed by atoms with E-state index in [1.165, 1.54) is 0 Å². The van der Waals surface area contributed by atoms with Crippen LogP contribution in [0.25, 0.3) is 0 Å². The smallest absolute Gasteiger partial charge is 0.257 e. The second kappa shape index (κ2) is 9.39. The van der Waals surface area contributed by atoms with Gasteiger partial charge in [-0.05, 0) is 54.0 Å². The molecule has 1 amide bonds. The summed E-state index contributed by atoms with van der Waals surface area (Å²) in [4.78, 5) is 12.2. The number of ether oxygens (including phenoxy) is 1. The molecule has 2 aromatic rings. The van der Waals surface area contributed by atoms with Gasteiger partial charge in [-0.1, -0.05) is 43.6 Å². The van der Waals surface area contributed by atoms with Crippen molar-refractivity contribution in [1.82, 2.24) is 10.6 Å². The zero-order chi connectivity index (χ0) is 18.2. The number of halogens is 1. The number of carbonyl (C=O) groups is 1. The summed E-state index contributed by atoms with van der Waals surface area (Å²) in [6.07, 6.45) is 0. The molecule has 6 heteroatoms. The second-order valence-electron chi connectivity index (χ2n) is 5.96. The van der Waals surface area contributed by atoms with Gasteiger partial charge in [-0.15, -0.1) is 0 Å². The molecule has 2 aromatic carbocycles. The Balaban J connectivity index is 1.84. The van der Waals surface area contributed by atoms with Crippen LogP contribution in [-0.4, -0.2) is 17.6 Å². The fourth-order valence-electron chi connectivity index (χ4n) is 2.00. The monoisotopic (exact) mass is 376 g/mol. The summed E-state index contributed by atoms with van der Waals surface area (Å²) in [6, 6.07) is 14.4. The summed E-state index contributed by atoms with van der Waals surface area (Å²) in [5.74, 6) is 0.918. The van der Waals surface area contributed by atoms with Gasteiger partial charge in [-0.3, -0.25) is 10.1 Å². The Morgan fingerprint density at radius 2 is 1.84 bits per heavy atom. The van der Waals surface area contributed by atoms with Crippen LogP contribution in [0.5, 0.6) is 5.75 Å². The van der Waals surface area contributed by atoms with E-state index in [1.54, 1.807) is 24.3 Å². The van der Waals surface area contributed by atoms with Gasteiger partial charge < -0.3 is 10.1 Å². The minimum Gasteiger partial charge on any atom is -0.493 e. The van der Waals surface area contributed by atoms with Crippen LogP contribution < -0.4 is 15.4 Å². The number of hydrogen-bond donors (Lipinski definition) is 2. The molecule has 0 bridgehead atoms. The van der Waals surface area contributed by atoms with Crippen LogP contribution in [0.4, 0.5) is 0 Å². The number of amides is 1. The first-order valence-electron chi connectivity index (χ1n) is 8.01. The Labute approximate surface area is 158 Å². The average molecular weight is 377 g/mol.